The van der Waals surface area contributed by atoms with Crippen LogP contribution in [0.1, 0.15) is 6.92 Å². The first-order valence-electron chi connectivity index (χ1n) is 4.91. The summed E-state index contributed by atoms with van der Waals surface area (Å²) in [5, 5.41) is 10.1. The molecule has 0 amide bonds. The Morgan fingerprint density at radius 1 is 1.40 bits per heavy atom. The van der Waals surface area contributed by atoms with E-state index in [4.69, 9.17) is 9.84 Å². The molecule has 1 N–H and O–H groups in total. The molecule has 0 aliphatic carbocycles. The van der Waals surface area contributed by atoms with Gasteiger partial charge in [-0.3, -0.25) is 4.98 Å². The summed E-state index contributed by atoms with van der Waals surface area (Å²) in [6, 6.07) is 9.77. The fourth-order valence-electron chi connectivity index (χ4n) is 1.35. The highest BCUT2D eigenvalue weighted by atomic mass is 16.5. The molecule has 0 aliphatic rings. The van der Waals surface area contributed by atoms with Gasteiger partial charge >= 0.3 is 0 Å². The van der Waals surface area contributed by atoms with E-state index in [9.17, 15) is 0 Å². The van der Waals surface area contributed by atoms with Gasteiger partial charge in [0.2, 0.25) is 0 Å². The van der Waals surface area contributed by atoms with Gasteiger partial charge in [-0.05, 0) is 19.1 Å². The number of benzene rings is 1. The maximum absolute atomic E-state index is 9.08. The van der Waals surface area contributed by atoms with Gasteiger partial charge in [-0.2, -0.15) is 0 Å². The molecule has 15 heavy (non-hydrogen) atoms. The van der Waals surface area contributed by atoms with Crippen molar-refractivity contribution in [2.75, 3.05) is 6.61 Å². The van der Waals surface area contributed by atoms with E-state index in [-0.39, 0.29) is 0 Å². The Bertz CT molecular complexity index is 454. The molecule has 1 aromatic carbocycles. The van der Waals surface area contributed by atoms with Crippen LogP contribution >= 0.6 is 0 Å². The number of fused-ring (bicyclic) bond motifs is 1. The molecule has 2 rings (SSSR count). The van der Waals surface area contributed by atoms with Crippen molar-refractivity contribution < 1.29 is 9.84 Å². The largest absolute Gasteiger partial charge is 0.489 e. The zero-order chi connectivity index (χ0) is 10.7. The number of hydrogen-bond acceptors (Lipinski definition) is 3. The van der Waals surface area contributed by atoms with Crippen molar-refractivity contribution in [3.05, 3.63) is 36.5 Å². The molecular weight excluding hydrogens is 190 g/mol. The minimum atomic E-state index is -0.462. The zero-order valence-corrected chi connectivity index (χ0v) is 8.55. The SMILES string of the molecule is C[C@H](O)COc1cnc2ccccc2c1. The van der Waals surface area contributed by atoms with Gasteiger partial charge < -0.3 is 9.84 Å². The maximum atomic E-state index is 9.08. The molecule has 3 heteroatoms. The standard InChI is InChI=1S/C12H13NO2/c1-9(14)8-15-11-6-10-4-2-3-5-12(10)13-7-11/h2-7,9,14H,8H2,1H3/t9-/m0/s1. The Kier molecular flexibility index (Phi) is 2.83. The Hall–Kier alpha value is -1.61. The Balaban J connectivity index is 2.23. The minimum Gasteiger partial charge on any atom is -0.489 e. The van der Waals surface area contributed by atoms with Crippen LogP contribution in [0.2, 0.25) is 0 Å². The van der Waals surface area contributed by atoms with Gasteiger partial charge in [0.25, 0.3) is 0 Å². The Morgan fingerprint density at radius 2 is 2.20 bits per heavy atom. The van der Waals surface area contributed by atoms with E-state index in [1.807, 2.05) is 30.3 Å². The molecular formula is C12H13NO2. The van der Waals surface area contributed by atoms with Gasteiger partial charge in [-0.1, -0.05) is 18.2 Å². The minimum absolute atomic E-state index is 0.292. The summed E-state index contributed by atoms with van der Waals surface area (Å²) < 4.78 is 5.36. The lowest BCUT2D eigenvalue weighted by Gasteiger charge is -2.08. The number of para-hydroxylation sites is 1. The molecule has 0 radical (unpaired) electrons. The number of pyridine rings is 1. The first-order valence-corrected chi connectivity index (χ1v) is 4.91. The van der Waals surface area contributed by atoms with E-state index in [1.165, 1.54) is 0 Å². The number of rotatable bonds is 3. The second-order valence-electron chi connectivity index (χ2n) is 3.52. The summed E-state index contributed by atoms with van der Waals surface area (Å²) in [6.07, 6.45) is 1.21. The van der Waals surface area contributed by atoms with Crippen molar-refractivity contribution in [2.45, 2.75) is 13.0 Å². The first kappa shape index (κ1) is 9.93. The fourth-order valence-corrected chi connectivity index (χ4v) is 1.35. The van der Waals surface area contributed by atoms with Crippen molar-refractivity contribution in [2.24, 2.45) is 0 Å². The van der Waals surface area contributed by atoms with Gasteiger partial charge in [0.05, 0.1) is 17.8 Å². The molecule has 78 valence electrons. The van der Waals surface area contributed by atoms with E-state index in [0.29, 0.717) is 12.4 Å². The molecule has 3 nitrogen and oxygen atoms in total. The highest BCUT2D eigenvalue weighted by Gasteiger charge is 2.00. The Labute approximate surface area is 88.3 Å². The third-order valence-corrected chi connectivity index (χ3v) is 2.06. The molecule has 1 heterocycles. The summed E-state index contributed by atoms with van der Waals surface area (Å²) >= 11 is 0. The number of hydrogen-bond donors (Lipinski definition) is 1. The lowest BCUT2D eigenvalue weighted by Crippen LogP contribution is -2.12. The summed E-state index contributed by atoms with van der Waals surface area (Å²) in [7, 11) is 0. The topological polar surface area (TPSA) is 42.4 Å². The zero-order valence-electron chi connectivity index (χ0n) is 8.55. The van der Waals surface area contributed by atoms with Crippen molar-refractivity contribution in [1.82, 2.24) is 4.98 Å². The molecule has 0 saturated heterocycles. The van der Waals surface area contributed by atoms with E-state index >= 15 is 0 Å². The molecule has 0 fully saturated rings. The fraction of sp³-hybridized carbons (Fsp3) is 0.250. The number of aliphatic hydroxyl groups is 1. The van der Waals surface area contributed by atoms with E-state index in [2.05, 4.69) is 4.98 Å². The van der Waals surface area contributed by atoms with Crippen LogP contribution in [0.15, 0.2) is 36.5 Å². The average Bonchev–Trinajstić information content (AvgIpc) is 2.26. The summed E-state index contributed by atoms with van der Waals surface area (Å²) in [4.78, 5) is 4.25. The second kappa shape index (κ2) is 4.28. The van der Waals surface area contributed by atoms with Crippen LogP contribution in [0.4, 0.5) is 0 Å². The average molecular weight is 203 g/mol. The lowest BCUT2D eigenvalue weighted by molar-refractivity contribution is 0.122. The lowest BCUT2D eigenvalue weighted by atomic mass is 10.2. The van der Waals surface area contributed by atoms with Crippen LogP contribution in [-0.2, 0) is 0 Å². The number of ether oxygens (including phenoxy) is 1. The molecule has 1 aromatic heterocycles. The first-order chi connectivity index (χ1) is 7.25. The molecule has 0 unspecified atom stereocenters. The van der Waals surface area contributed by atoms with Crippen LogP contribution < -0.4 is 4.74 Å². The smallest absolute Gasteiger partial charge is 0.138 e. The van der Waals surface area contributed by atoms with Gasteiger partial charge in [-0.15, -0.1) is 0 Å². The van der Waals surface area contributed by atoms with Crippen molar-refractivity contribution in [3.63, 3.8) is 0 Å². The predicted molar refractivity (Wildman–Crippen MR) is 58.9 cm³/mol. The van der Waals surface area contributed by atoms with Crippen molar-refractivity contribution in [1.29, 1.82) is 0 Å². The van der Waals surface area contributed by atoms with E-state index in [0.717, 1.165) is 10.9 Å². The molecule has 0 bridgehead atoms. The van der Waals surface area contributed by atoms with Crippen LogP contribution in [0, 0.1) is 0 Å². The number of nitrogens with zero attached hydrogens (tertiary/aromatic N) is 1. The third kappa shape index (κ3) is 2.44. The molecule has 0 spiro atoms. The summed E-state index contributed by atoms with van der Waals surface area (Å²) in [5.41, 5.74) is 0.946. The second-order valence-corrected chi connectivity index (χ2v) is 3.52. The maximum Gasteiger partial charge on any atom is 0.138 e. The highest BCUT2D eigenvalue weighted by molar-refractivity contribution is 5.79. The van der Waals surface area contributed by atoms with Crippen molar-refractivity contribution in [3.8, 4) is 5.75 Å². The van der Waals surface area contributed by atoms with E-state index in [1.54, 1.807) is 13.1 Å². The predicted octanol–water partition coefficient (Wildman–Crippen LogP) is 1.99. The van der Waals surface area contributed by atoms with Gasteiger partial charge in [-0.25, -0.2) is 0 Å². The van der Waals surface area contributed by atoms with Gasteiger partial charge in [0, 0.05) is 5.39 Å². The molecule has 1 atom stereocenters. The monoisotopic (exact) mass is 203 g/mol. The van der Waals surface area contributed by atoms with Gasteiger partial charge in [0.1, 0.15) is 12.4 Å². The number of aliphatic hydroxyl groups excluding tert-OH is 1. The van der Waals surface area contributed by atoms with Crippen LogP contribution in [-0.4, -0.2) is 22.8 Å². The quantitative estimate of drug-likeness (QED) is 0.829. The number of aromatic nitrogens is 1. The molecule has 0 saturated carbocycles. The van der Waals surface area contributed by atoms with Crippen molar-refractivity contribution >= 4 is 10.9 Å². The van der Waals surface area contributed by atoms with Crippen LogP contribution in [0.3, 0.4) is 0 Å². The molecule has 0 aliphatic heterocycles. The van der Waals surface area contributed by atoms with Crippen LogP contribution in [0.25, 0.3) is 10.9 Å². The highest BCUT2D eigenvalue weighted by Crippen LogP contribution is 2.17. The third-order valence-electron chi connectivity index (χ3n) is 2.06. The van der Waals surface area contributed by atoms with Crippen LogP contribution in [0.5, 0.6) is 5.75 Å². The molecule has 2 aromatic rings. The van der Waals surface area contributed by atoms with Gasteiger partial charge in [0.15, 0.2) is 0 Å². The normalized spacial score (nSPS) is 12.7. The van der Waals surface area contributed by atoms with E-state index < -0.39 is 6.10 Å². The summed E-state index contributed by atoms with van der Waals surface area (Å²) in [5.74, 6) is 0.689. The summed E-state index contributed by atoms with van der Waals surface area (Å²) in [6.45, 7) is 1.98. The Morgan fingerprint density at radius 3 is 3.00 bits per heavy atom.